The molecule has 2 rings (SSSR count). The summed E-state index contributed by atoms with van der Waals surface area (Å²) < 4.78 is 10.6. The molecule has 0 aliphatic heterocycles. The van der Waals surface area contributed by atoms with Crippen molar-refractivity contribution in [3.63, 3.8) is 0 Å². The van der Waals surface area contributed by atoms with Gasteiger partial charge in [0.25, 0.3) is 5.89 Å². The molecule has 0 aliphatic carbocycles. The van der Waals surface area contributed by atoms with Gasteiger partial charge in [-0.15, -0.1) is 0 Å². The summed E-state index contributed by atoms with van der Waals surface area (Å²) in [7, 11) is 0. The molecule has 20 heavy (non-hydrogen) atoms. The van der Waals surface area contributed by atoms with Gasteiger partial charge >= 0.3 is 0 Å². The van der Waals surface area contributed by atoms with Crippen LogP contribution in [0.1, 0.15) is 25.7 Å². The van der Waals surface area contributed by atoms with E-state index in [0.717, 1.165) is 0 Å². The molecular weight excluding hydrogens is 301 g/mol. The second-order valence-corrected chi connectivity index (χ2v) is 5.48. The number of aromatic nitrogens is 2. The predicted molar refractivity (Wildman–Crippen MR) is 77.8 cm³/mol. The van der Waals surface area contributed by atoms with Crippen molar-refractivity contribution in [2.75, 3.05) is 6.61 Å². The number of benzene rings is 1. The third-order valence-electron chi connectivity index (χ3n) is 2.49. The van der Waals surface area contributed by atoms with Crippen LogP contribution < -0.4 is 5.73 Å². The standard InChI is InChI=1S/C13H15Cl2N3O2/c1-7(2)19-6-11(16)12-17-13(20-18-12)8-3-9(14)5-10(15)4-8/h3-5,7,11H,6,16H2,1-2H3. The third-order valence-corrected chi connectivity index (χ3v) is 2.93. The molecule has 1 unspecified atom stereocenters. The van der Waals surface area contributed by atoms with Crippen LogP contribution in [0.2, 0.25) is 10.0 Å². The predicted octanol–water partition coefficient (Wildman–Crippen LogP) is 3.47. The van der Waals surface area contributed by atoms with Crippen LogP contribution in [-0.4, -0.2) is 22.9 Å². The molecule has 1 aromatic carbocycles. The number of halogens is 2. The van der Waals surface area contributed by atoms with E-state index in [2.05, 4.69) is 10.1 Å². The van der Waals surface area contributed by atoms with Gasteiger partial charge in [0.05, 0.1) is 18.8 Å². The largest absolute Gasteiger partial charge is 0.377 e. The number of ether oxygens (including phenoxy) is 1. The molecule has 0 spiro atoms. The molecule has 0 saturated carbocycles. The van der Waals surface area contributed by atoms with Crippen molar-refractivity contribution in [2.45, 2.75) is 26.0 Å². The highest BCUT2D eigenvalue weighted by molar-refractivity contribution is 6.35. The molecule has 0 radical (unpaired) electrons. The van der Waals surface area contributed by atoms with E-state index in [0.29, 0.717) is 33.9 Å². The van der Waals surface area contributed by atoms with E-state index in [4.69, 9.17) is 38.2 Å². The van der Waals surface area contributed by atoms with Crippen molar-refractivity contribution in [3.05, 3.63) is 34.1 Å². The van der Waals surface area contributed by atoms with E-state index >= 15 is 0 Å². The molecule has 1 atom stereocenters. The highest BCUT2D eigenvalue weighted by Gasteiger charge is 2.16. The zero-order valence-electron chi connectivity index (χ0n) is 11.1. The van der Waals surface area contributed by atoms with E-state index in [-0.39, 0.29) is 6.10 Å². The van der Waals surface area contributed by atoms with Crippen molar-refractivity contribution >= 4 is 23.2 Å². The number of hydrogen-bond acceptors (Lipinski definition) is 5. The Morgan fingerprint density at radius 2 is 1.90 bits per heavy atom. The summed E-state index contributed by atoms with van der Waals surface area (Å²) >= 11 is 11.9. The van der Waals surface area contributed by atoms with Gasteiger partial charge < -0.3 is 15.0 Å². The first-order valence-corrected chi connectivity index (χ1v) is 6.88. The average Bonchev–Trinajstić information content (AvgIpc) is 2.84. The molecule has 1 heterocycles. The molecule has 1 aromatic heterocycles. The summed E-state index contributed by atoms with van der Waals surface area (Å²) in [6.07, 6.45) is 0.0964. The van der Waals surface area contributed by atoms with Crippen LogP contribution in [0.15, 0.2) is 22.7 Å². The van der Waals surface area contributed by atoms with E-state index in [1.54, 1.807) is 18.2 Å². The maximum atomic E-state index is 5.93. The number of rotatable bonds is 5. The van der Waals surface area contributed by atoms with E-state index < -0.39 is 6.04 Å². The Morgan fingerprint density at radius 1 is 1.25 bits per heavy atom. The van der Waals surface area contributed by atoms with Crippen LogP contribution in [0.5, 0.6) is 0 Å². The van der Waals surface area contributed by atoms with Crippen molar-refractivity contribution in [1.29, 1.82) is 0 Å². The monoisotopic (exact) mass is 315 g/mol. The molecule has 108 valence electrons. The van der Waals surface area contributed by atoms with Crippen molar-refractivity contribution in [1.82, 2.24) is 10.1 Å². The van der Waals surface area contributed by atoms with Gasteiger partial charge in [-0.25, -0.2) is 0 Å². The van der Waals surface area contributed by atoms with Gasteiger partial charge in [0, 0.05) is 15.6 Å². The van der Waals surface area contributed by atoms with Crippen LogP contribution in [-0.2, 0) is 4.74 Å². The molecule has 0 bridgehead atoms. The SMILES string of the molecule is CC(C)OCC(N)c1noc(-c2cc(Cl)cc(Cl)c2)n1. The Kier molecular flexibility index (Phi) is 4.99. The Balaban J connectivity index is 2.15. The second kappa shape index (κ2) is 6.54. The summed E-state index contributed by atoms with van der Waals surface area (Å²) in [5.41, 5.74) is 6.58. The lowest BCUT2D eigenvalue weighted by Gasteiger charge is -2.10. The Hall–Kier alpha value is -1.14. The fourth-order valence-corrected chi connectivity index (χ4v) is 2.08. The van der Waals surface area contributed by atoms with Crippen LogP contribution in [0.3, 0.4) is 0 Å². The lowest BCUT2D eigenvalue weighted by molar-refractivity contribution is 0.0665. The molecule has 0 fully saturated rings. The van der Waals surface area contributed by atoms with Crippen LogP contribution >= 0.6 is 23.2 Å². The molecule has 5 nitrogen and oxygen atoms in total. The van der Waals surface area contributed by atoms with Crippen LogP contribution in [0, 0.1) is 0 Å². The molecule has 0 saturated heterocycles. The number of nitrogens with two attached hydrogens (primary N) is 1. The van der Waals surface area contributed by atoms with Crippen LogP contribution in [0.25, 0.3) is 11.5 Å². The first kappa shape index (κ1) is 15.3. The summed E-state index contributed by atoms with van der Waals surface area (Å²) in [5.74, 6) is 0.709. The van der Waals surface area contributed by atoms with E-state index in [1.165, 1.54) is 0 Å². The van der Waals surface area contributed by atoms with Gasteiger partial charge in [-0.2, -0.15) is 4.98 Å². The van der Waals surface area contributed by atoms with Crippen molar-refractivity contribution in [2.24, 2.45) is 5.73 Å². The third kappa shape index (κ3) is 3.93. The molecule has 0 amide bonds. The zero-order chi connectivity index (χ0) is 14.7. The van der Waals surface area contributed by atoms with Crippen molar-refractivity contribution < 1.29 is 9.26 Å². The minimum absolute atomic E-state index is 0.0964. The fourth-order valence-electron chi connectivity index (χ4n) is 1.55. The quantitative estimate of drug-likeness (QED) is 0.914. The molecule has 2 N–H and O–H groups in total. The fraction of sp³-hybridized carbons (Fsp3) is 0.385. The Morgan fingerprint density at radius 3 is 2.50 bits per heavy atom. The lowest BCUT2D eigenvalue weighted by atomic mass is 10.2. The van der Waals surface area contributed by atoms with Gasteiger partial charge in [0.2, 0.25) is 0 Å². The molecule has 2 aromatic rings. The highest BCUT2D eigenvalue weighted by atomic mass is 35.5. The first-order chi connectivity index (χ1) is 9.45. The van der Waals surface area contributed by atoms with Gasteiger partial charge in [-0.1, -0.05) is 28.4 Å². The summed E-state index contributed by atoms with van der Waals surface area (Å²) in [6.45, 7) is 4.19. The van der Waals surface area contributed by atoms with E-state index in [1.807, 2.05) is 13.8 Å². The highest BCUT2D eigenvalue weighted by Crippen LogP contribution is 2.26. The minimum atomic E-state index is -0.440. The van der Waals surface area contributed by atoms with Crippen molar-refractivity contribution in [3.8, 4) is 11.5 Å². The topological polar surface area (TPSA) is 74.2 Å². The maximum Gasteiger partial charge on any atom is 0.258 e. The average molecular weight is 316 g/mol. The van der Waals surface area contributed by atoms with Gasteiger partial charge in [-0.05, 0) is 32.0 Å². The normalized spacial score (nSPS) is 12.9. The molecule has 7 heteroatoms. The summed E-state index contributed by atoms with van der Waals surface area (Å²) in [5, 5.41) is 4.85. The number of nitrogens with zero attached hydrogens (tertiary/aromatic N) is 2. The first-order valence-electron chi connectivity index (χ1n) is 6.13. The van der Waals surface area contributed by atoms with Gasteiger partial charge in [0.1, 0.15) is 0 Å². The smallest absolute Gasteiger partial charge is 0.258 e. The van der Waals surface area contributed by atoms with Crippen LogP contribution in [0.4, 0.5) is 0 Å². The van der Waals surface area contributed by atoms with Gasteiger partial charge in [0.15, 0.2) is 5.82 Å². The molecule has 0 aliphatic rings. The Bertz CT molecular complexity index is 566. The number of hydrogen-bond donors (Lipinski definition) is 1. The summed E-state index contributed by atoms with van der Waals surface area (Å²) in [6, 6.07) is 4.58. The van der Waals surface area contributed by atoms with Gasteiger partial charge in [-0.3, -0.25) is 0 Å². The Labute approximate surface area is 127 Å². The minimum Gasteiger partial charge on any atom is -0.377 e. The maximum absolute atomic E-state index is 5.93. The molecular formula is C13H15Cl2N3O2. The van der Waals surface area contributed by atoms with E-state index in [9.17, 15) is 0 Å². The lowest BCUT2D eigenvalue weighted by Crippen LogP contribution is -2.20. The second-order valence-electron chi connectivity index (χ2n) is 4.60. The zero-order valence-corrected chi connectivity index (χ0v) is 12.6. The summed E-state index contributed by atoms with van der Waals surface area (Å²) in [4.78, 5) is 4.24.